The van der Waals surface area contributed by atoms with Gasteiger partial charge < -0.3 is 14.8 Å². The lowest BCUT2D eigenvalue weighted by Crippen LogP contribution is -2.43. The molecule has 2 atom stereocenters. The van der Waals surface area contributed by atoms with Crippen molar-refractivity contribution >= 4 is 24.2 Å². The van der Waals surface area contributed by atoms with Crippen LogP contribution in [0, 0.1) is 0 Å². The smallest absolute Gasteiger partial charge is 0.192 e. The fraction of sp³-hybridized carbons (Fsp3) is 0.647. The van der Waals surface area contributed by atoms with Gasteiger partial charge in [0.2, 0.25) is 0 Å². The van der Waals surface area contributed by atoms with E-state index in [-0.39, 0.29) is 17.2 Å². The number of hydrogen-bond acceptors (Lipinski definition) is 3. The molecular formula is C17H28BrNO2Si. The molecule has 2 rings (SSSR count). The first-order valence-electron chi connectivity index (χ1n) is 7.95. The molecule has 0 bridgehead atoms. The average molecular weight is 386 g/mol. The number of nitrogens with one attached hydrogen (secondary N) is 1. The molecule has 124 valence electrons. The molecule has 3 nitrogen and oxygen atoms in total. The summed E-state index contributed by atoms with van der Waals surface area (Å²) in [6.45, 7) is 12.8. The fourth-order valence-corrected chi connectivity index (χ4v) is 4.04. The minimum absolute atomic E-state index is 0.0196. The van der Waals surface area contributed by atoms with Crippen LogP contribution in [0.15, 0.2) is 22.7 Å². The van der Waals surface area contributed by atoms with Crippen LogP contribution in [0.3, 0.4) is 0 Å². The molecule has 0 amide bonds. The minimum atomic E-state index is -1.69. The molecule has 0 spiro atoms. The van der Waals surface area contributed by atoms with Crippen LogP contribution in [0.25, 0.3) is 0 Å². The standard InChI is InChI=1S/C17H28BrNO2Si/c1-17(2,3)22(4,5)21-9-8-19-16-14-7-6-13(18)10-12(14)11-15(16)20/h6-7,10,15-16,19-20H,8-9,11H2,1-5H3. The molecule has 0 heterocycles. The van der Waals surface area contributed by atoms with E-state index in [2.05, 4.69) is 67.2 Å². The van der Waals surface area contributed by atoms with Crippen LogP contribution < -0.4 is 5.32 Å². The first-order valence-corrected chi connectivity index (χ1v) is 11.7. The van der Waals surface area contributed by atoms with Gasteiger partial charge in [0.15, 0.2) is 8.32 Å². The van der Waals surface area contributed by atoms with Gasteiger partial charge in [-0.1, -0.05) is 42.8 Å². The largest absolute Gasteiger partial charge is 0.416 e. The highest BCUT2D eigenvalue weighted by molar-refractivity contribution is 9.10. The summed E-state index contributed by atoms with van der Waals surface area (Å²) in [5, 5.41) is 14.0. The second kappa shape index (κ2) is 6.73. The van der Waals surface area contributed by atoms with E-state index < -0.39 is 8.32 Å². The van der Waals surface area contributed by atoms with Crippen LogP contribution >= 0.6 is 15.9 Å². The minimum Gasteiger partial charge on any atom is -0.416 e. The normalized spacial score (nSPS) is 22.0. The summed E-state index contributed by atoms with van der Waals surface area (Å²) in [6, 6.07) is 6.26. The maximum atomic E-state index is 10.3. The molecule has 5 heteroatoms. The van der Waals surface area contributed by atoms with Crippen molar-refractivity contribution in [1.82, 2.24) is 5.32 Å². The van der Waals surface area contributed by atoms with Gasteiger partial charge in [-0.25, -0.2) is 0 Å². The van der Waals surface area contributed by atoms with E-state index in [0.717, 1.165) is 17.4 Å². The van der Waals surface area contributed by atoms with Crippen LogP contribution in [0.1, 0.15) is 37.9 Å². The zero-order chi connectivity index (χ0) is 16.5. The monoisotopic (exact) mass is 385 g/mol. The van der Waals surface area contributed by atoms with Gasteiger partial charge in [0.25, 0.3) is 0 Å². The molecule has 1 aliphatic rings. The molecule has 0 aliphatic heterocycles. The van der Waals surface area contributed by atoms with Gasteiger partial charge in [0, 0.05) is 24.0 Å². The van der Waals surface area contributed by atoms with Gasteiger partial charge in [-0.3, -0.25) is 0 Å². The lowest BCUT2D eigenvalue weighted by atomic mass is 10.1. The highest BCUT2D eigenvalue weighted by Gasteiger charge is 2.37. The van der Waals surface area contributed by atoms with E-state index in [9.17, 15) is 5.11 Å². The van der Waals surface area contributed by atoms with Gasteiger partial charge in [-0.2, -0.15) is 0 Å². The summed E-state index contributed by atoms with van der Waals surface area (Å²) >= 11 is 3.49. The van der Waals surface area contributed by atoms with Gasteiger partial charge in [0.1, 0.15) is 0 Å². The third-order valence-electron chi connectivity index (χ3n) is 4.99. The van der Waals surface area contributed by atoms with Crippen LogP contribution in [0.5, 0.6) is 0 Å². The average Bonchev–Trinajstić information content (AvgIpc) is 2.68. The summed E-state index contributed by atoms with van der Waals surface area (Å²) in [6.07, 6.45) is 0.368. The van der Waals surface area contributed by atoms with Crippen molar-refractivity contribution in [3.63, 3.8) is 0 Å². The van der Waals surface area contributed by atoms with Crippen molar-refractivity contribution < 1.29 is 9.53 Å². The Labute approximate surface area is 143 Å². The van der Waals surface area contributed by atoms with Gasteiger partial charge in [-0.05, 0) is 41.4 Å². The number of hydrogen-bond donors (Lipinski definition) is 2. The Hall–Kier alpha value is -0.203. The highest BCUT2D eigenvalue weighted by atomic mass is 79.9. The predicted octanol–water partition coefficient (Wildman–Crippen LogP) is 4.02. The van der Waals surface area contributed by atoms with Crippen molar-refractivity contribution in [2.75, 3.05) is 13.2 Å². The first kappa shape index (κ1) is 18.1. The Morgan fingerprint density at radius 3 is 2.68 bits per heavy atom. The summed E-state index contributed by atoms with van der Waals surface area (Å²) in [5.74, 6) is 0. The molecule has 1 aromatic rings. The summed E-state index contributed by atoms with van der Waals surface area (Å²) in [4.78, 5) is 0. The number of benzene rings is 1. The third kappa shape index (κ3) is 4.00. The quantitative estimate of drug-likeness (QED) is 0.593. The lowest BCUT2D eigenvalue weighted by Gasteiger charge is -2.36. The Morgan fingerprint density at radius 1 is 1.36 bits per heavy atom. The molecule has 22 heavy (non-hydrogen) atoms. The van der Waals surface area contributed by atoms with E-state index >= 15 is 0 Å². The SMILES string of the molecule is CC(C)(C)[Si](C)(C)OCCNC1c2ccc(Br)cc2CC1O. The first-order chi connectivity index (χ1) is 10.1. The molecular weight excluding hydrogens is 358 g/mol. The molecule has 1 aromatic carbocycles. The van der Waals surface area contributed by atoms with E-state index in [1.54, 1.807) is 0 Å². The van der Waals surface area contributed by atoms with E-state index in [1.807, 2.05) is 6.07 Å². The second-order valence-corrected chi connectivity index (χ2v) is 13.4. The molecule has 0 fully saturated rings. The number of fused-ring (bicyclic) bond motifs is 1. The van der Waals surface area contributed by atoms with Crippen molar-refractivity contribution in [2.45, 2.75) is 57.5 Å². The van der Waals surface area contributed by atoms with Gasteiger partial charge in [0.05, 0.1) is 12.1 Å². The molecule has 0 aromatic heterocycles. The zero-order valence-electron chi connectivity index (χ0n) is 14.2. The summed E-state index contributed by atoms with van der Waals surface area (Å²) < 4.78 is 7.25. The fourth-order valence-electron chi connectivity index (χ4n) is 2.59. The highest BCUT2D eigenvalue weighted by Crippen LogP contribution is 2.36. The molecule has 1 aliphatic carbocycles. The maximum Gasteiger partial charge on any atom is 0.192 e. The third-order valence-corrected chi connectivity index (χ3v) is 10.0. The topological polar surface area (TPSA) is 41.5 Å². The van der Waals surface area contributed by atoms with Crippen LogP contribution in [-0.4, -0.2) is 32.7 Å². The predicted molar refractivity (Wildman–Crippen MR) is 97.7 cm³/mol. The van der Waals surface area contributed by atoms with Crippen LogP contribution in [-0.2, 0) is 10.8 Å². The number of rotatable bonds is 5. The molecule has 0 saturated heterocycles. The molecule has 2 N–H and O–H groups in total. The Morgan fingerprint density at radius 2 is 2.05 bits per heavy atom. The van der Waals surface area contributed by atoms with Crippen LogP contribution in [0.4, 0.5) is 0 Å². The van der Waals surface area contributed by atoms with E-state index in [1.165, 1.54) is 11.1 Å². The zero-order valence-corrected chi connectivity index (χ0v) is 16.8. The summed E-state index contributed by atoms with van der Waals surface area (Å²) in [7, 11) is -1.69. The molecule has 0 radical (unpaired) electrons. The van der Waals surface area contributed by atoms with Crippen molar-refractivity contribution in [3.05, 3.63) is 33.8 Å². The number of aliphatic hydroxyl groups is 1. The van der Waals surface area contributed by atoms with Crippen molar-refractivity contribution in [3.8, 4) is 0 Å². The summed E-state index contributed by atoms with van der Waals surface area (Å²) in [5.41, 5.74) is 2.44. The Balaban J connectivity index is 1.89. The van der Waals surface area contributed by atoms with Crippen molar-refractivity contribution in [2.24, 2.45) is 0 Å². The van der Waals surface area contributed by atoms with Crippen LogP contribution in [0.2, 0.25) is 18.1 Å². The second-order valence-electron chi connectivity index (χ2n) is 7.66. The lowest BCUT2D eigenvalue weighted by molar-refractivity contribution is 0.137. The molecule has 0 saturated carbocycles. The van der Waals surface area contributed by atoms with E-state index in [0.29, 0.717) is 6.61 Å². The van der Waals surface area contributed by atoms with Gasteiger partial charge in [-0.15, -0.1) is 0 Å². The van der Waals surface area contributed by atoms with Crippen molar-refractivity contribution in [1.29, 1.82) is 0 Å². The van der Waals surface area contributed by atoms with E-state index in [4.69, 9.17) is 4.43 Å². The molecule has 2 unspecified atom stereocenters. The number of aliphatic hydroxyl groups excluding tert-OH is 1. The number of halogens is 1. The maximum absolute atomic E-state index is 10.3. The van der Waals surface area contributed by atoms with Gasteiger partial charge >= 0.3 is 0 Å². The Bertz CT molecular complexity index is 528. The Kier molecular flexibility index (Phi) is 5.55.